The van der Waals surface area contributed by atoms with Crippen molar-refractivity contribution in [1.29, 1.82) is 0 Å². The molecule has 182 valence electrons. The maximum atomic E-state index is 14.1. The Morgan fingerprint density at radius 1 is 1.20 bits per heavy atom. The van der Waals surface area contributed by atoms with E-state index in [9.17, 15) is 28.7 Å². The van der Waals surface area contributed by atoms with E-state index in [1.165, 1.54) is 46.0 Å². The number of hydrogen-bond acceptors (Lipinski definition) is 4. The summed E-state index contributed by atoms with van der Waals surface area (Å²) in [5.41, 5.74) is 6.22. The summed E-state index contributed by atoms with van der Waals surface area (Å²) < 4.78 is 15.6. The number of carbonyl (C=O) groups excluding carboxylic acids is 3. The molecule has 4 rings (SSSR count). The van der Waals surface area contributed by atoms with E-state index in [1.54, 1.807) is 6.07 Å². The van der Waals surface area contributed by atoms with Crippen LogP contribution in [0.1, 0.15) is 39.1 Å². The van der Waals surface area contributed by atoms with E-state index in [2.05, 4.69) is 5.32 Å². The highest BCUT2D eigenvalue weighted by atomic mass is 35.5. The molecule has 0 unspecified atom stereocenters. The zero-order valence-electron chi connectivity index (χ0n) is 18.5. The van der Waals surface area contributed by atoms with Gasteiger partial charge in [0.2, 0.25) is 11.8 Å². The number of nitrogens with one attached hydrogen (secondary N) is 1. The summed E-state index contributed by atoms with van der Waals surface area (Å²) in [5, 5.41) is 12.1. The maximum Gasteiger partial charge on any atom is 0.335 e. The number of hydrogen-bond donors (Lipinski definition) is 3. The predicted molar refractivity (Wildman–Crippen MR) is 125 cm³/mol. The molecule has 0 spiro atoms. The molecule has 1 aliphatic carbocycles. The summed E-state index contributed by atoms with van der Waals surface area (Å²) in [5.74, 6) is -3.33. The second-order valence-corrected chi connectivity index (χ2v) is 8.72. The number of fused-ring (bicyclic) bond motifs is 1. The van der Waals surface area contributed by atoms with Crippen molar-refractivity contribution < 1.29 is 28.7 Å². The summed E-state index contributed by atoms with van der Waals surface area (Å²) in [6.45, 7) is -0.465. The molecule has 1 aliphatic rings. The average molecular weight is 501 g/mol. The molecule has 0 aliphatic heterocycles. The first-order valence-corrected chi connectivity index (χ1v) is 11.2. The lowest BCUT2D eigenvalue weighted by molar-refractivity contribution is -0.137. The number of benzene rings is 2. The minimum Gasteiger partial charge on any atom is -0.478 e. The van der Waals surface area contributed by atoms with Gasteiger partial charge in [-0.25, -0.2) is 9.18 Å². The van der Waals surface area contributed by atoms with E-state index in [-0.39, 0.29) is 53.3 Å². The van der Waals surface area contributed by atoms with E-state index >= 15 is 0 Å². The van der Waals surface area contributed by atoms with Gasteiger partial charge in [-0.1, -0.05) is 23.7 Å². The Bertz CT molecular complexity index is 1350. The number of rotatable bonds is 9. The van der Waals surface area contributed by atoms with E-state index in [1.807, 2.05) is 0 Å². The van der Waals surface area contributed by atoms with Crippen LogP contribution in [-0.4, -0.2) is 50.9 Å². The van der Waals surface area contributed by atoms with Crippen molar-refractivity contribution >= 4 is 46.2 Å². The normalized spacial score (nSPS) is 13.0. The predicted octanol–water partition coefficient (Wildman–Crippen LogP) is 2.54. The first-order chi connectivity index (χ1) is 16.7. The van der Waals surface area contributed by atoms with Gasteiger partial charge in [0.15, 0.2) is 0 Å². The van der Waals surface area contributed by atoms with Crippen molar-refractivity contribution in [3.8, 4) is 0 Å². The van der Waals surface area contributed by atoms with E-state index in [0.717, 1.165) is 12.8 Å². The Morgan fingerprint density at radius 2 is 1.94 bits per heavy atom. The van der Waals surface area contributed by atoms with Gasteiger partial charge in [-0.2, -0.15) is 0 Å². The molecule has 0 radical (unpaired) electrons. The highest BCUT2D eigenvalue weighted by molar-refractivity contribution is 6.30. The third kappa shape index (κ3) is 5.27. The number of aromatic carboxylic acids is 1. The second-order valence-electron chi connectivity index (χ2n) is 8.31. The zero-order chi connectivity index (χ0) is 25.3. The van der Waals surface area contributed by atoms with Crippen LogP contribution in [0.5, 0.6) is 0 Å². The fraction of sp³-hybridized carbons (Fsp3) is 0.250. The standard InChI is InChI=1S/C24H22ClFN4O5/c25-18-3-1-2-14(22(18)26)9-28-20(31)11-30(15-5-6-15)21(32)12-29-10-17(23(27)33)16-8-13(24(34)35)4-7-19(16)29/h1-4,7-8,10,15H,5-6,9,11-12H2,(H2,27,33)(H,28,31)(H,34,35). The van der Waals surface area contributed by atoms with E-state index < -0.39 is 23.6 Å². The molecular formula is C24H22ClFN4O5. The number of carboxylic acids is 1. The number of aromatic nitrogens is 1. The van der Waals surface area contributed by atoms with Crippen LogP contribution in [0.25, 0.3) is 10.9 Å². The number of carbonyl (C=O) groups is 4. The van der Waals surface area contributed by atoms with Crippen LogP contribution in [0.15, 0.2) is 42.6 Å². The highest BCUT2D eigenvalue weighted by Crippen LogP contribution is 2.28. The second kappa shape index (κ2) is 9.75. The third-order valence-corrected chi connectivity index (χ3v) is 6.12. The Balaban J connectivity index is 1.49. The summed E-state index contributed by atoms with van der Waals surface area (Å²) >= 11 is 5.77. The number of halogens is 2. The Hall–Kier alpha value is -3.92. The molecular weight excluding hydrogens is 479 g/mol. The zero-order valence-corrected chi connectivity index (χ0v) is 19.2. The van der Waals surface area contributed by atoms with Crippen molar-refractivity contribution in [2.45, 2.75) is 32.0 Å². The largest absolute Gasteiger partial charge is 0.478 e. The first kappa shape index (κ1) is 24.2. The minimum absolute atomic E-state index is 0.0171. The van der Waals surface area contributed by atoms with Gasteiger partial charge in [0.25, 0.3) is 5.91 Å². The van der Waals surface area contributed by atoms with Gasteiger partial charge in [-0.05, 0) is 37.1 Å². The van der Waals surface area contributed by atoms with Crippen molar-refractivity contribution in [2.24, 2.45) is 5.73 Å². The van der Waals surface area contributed by atoms with Crippen LogP contribution >= 0.6 is 11.6 Å². The lowest BCUT2D eigenvalue weighted by Crippen LogP contribution is -2.43. The number of nitrogens with zero attached hydrogens (tertiary/aromatic N) is 2. The summed E-state index contributed by atoms with van der Waals surface area (Å²) in [6.07, 6.45) is 2.91. The minimum atomic E-state index is -1.16. The fourth-order valence-electron chi connectivity index (χ4n) is 3.89. The number of nitrogens with two attached hydrogens (primary N) is 1. The molecule has 1 fully saturated rings. The Labute approximate surface area is 204 Å². The number of primary amides is 1. The van der Waals surface area contributed by atoms with E-state index in [4.69, 9.17) is 17.3 Å². The fourth-order valence-corrected chi connectivity index (χ4v) is 4.08. The van der Waals surface area contributed by atoms with Gasteiger partial charge in [0, 0.05) is 35.2 Å². The summed E-state index contributed by atoms with van der Waals surface area (Å²) in [7, 11) is 0. The topological polar surface area (TPSA) is 135 Å². The molecule has 1 aromatic heterocycles. The molecule has 1 heterocycles. The van der Waals surface area contributed by atoms with Gasteiger partial charge >= 0.3 is 5.97 Å². The van der Waals surface area contributed by atoms with Crippen LogP contribution in [0, 0.1) is 5.82 Å². The number of carboxylic acid groups (broad SMARTS) is 1. The van der Waals surface area contributed by atoms with Crippen LogP contribution < -0.4 is 11.1 Å². The molecule has 1 saturated carbocycles. The Morgan fingerprint density at radius 3 is 2.60 bits per heavy atom. The van der Waals surface area contributed by atoms with Crippen molar-refractivity contribution in [2.75, 3.05) is 6.54 Å². The quantitative estimate of drug-likeness (QED) is 0.415. The molecule has 9 nitrogen and oxygen atoms in total. The molecule has 4 N–H and O–H groups in total. The molecule has 11 heteroatoms. The van der Waals surface area contributed by atoms with Crippen LogP contribution in [-0.2, 0) is 22.7 Å². The molecule has 3 aromatic rings. The molecule has 0 bridgehead atoms. The highest BCUT2D eigenvalue weighted by Gasteiger charge is 2.34. The van der Waals surface area contributed by atoms with Crippen molar-refractivity contribution in [3.05, 3.63) is 70.1 Å². The first-order valence-electron chi connectivity index (χ1n) is 10.8. The number of amides is 3. The third-order valence-electron chi connectivity index (χ3n) is 5.83. The SMILES string of the molecule is NC(=O)c1cn(CC(=O)N(CC(=O)NCc2cccc(Cl)c2F)C2CC2)c2ccc(C(=O)O)cc12. The monoisotopic (exact) mass is 500 g/mol. The van der Waals surface area contributed by atoms with Crippen molar-refractivity contribution in [3.63, 3.8) is 0 Å². The lowest BCUT2D eigenvalue weighted by Gasteiger charge is -2.22. The molecule has 3 amide bonds. The van der Waals surface area contributed by atoms with Crippen LogP contribution in [0.4, 0.5) is 4.39 Å². The van der Waals surface area contributed by atoms with Gasteiger partial charge in [0.05, 0.1) is 22.7 Å². The molecule has 0 saturated heterocycles. The Kier molecular flexibility index (Phi) is 6.74. The van der Waals surface area contributed by atoms with Gasteiger partial charge in [-0.15, -0.1) is 0 Å². The molecule has 35 heavy (non-hydrogen) atoms. The van der Waals surface area contributed by atoms with Gasteiger partial charge < -0.3 is 25.6 Å². The molecule has 2 aromatic carbocycles. The average Bonchev–Trinajstić information content (AvgIpc) is 3.59. The maximum absolute atomic E-state index is 14.1. The van der Waals surface area contributed by atoms with Gasteiger partial charge in [-0.3, -0.25) is 14.4 Å². The van der Waals surface area contributed by atoms with Crippen LogP contribution in [0.3, 0.4) is 0 Å². The van der Waals surface area contributed by atoms with Crippen LogP contribution in [0.2, 0.25) is 5.02 Å². The summed E-state index contributed by atoms with van der Waals surface area (Å²) in [4.78, 5) is 50.3. The van der Waals surface area contributed by atoms with Gasteiger partial charge in [0.1, 0.15) is 12.4 Å². The summed E-state index contributed by atoms with van der Waals surface area (Å²) in [6, 6.07) is 8.62. The molecule has 0 atom stereocenters. The lowest BCUT2D eigenvalue weighted by atomic mass is 10.1. The smallest absolute Gasteiger partial charge is 0.335 e. The van der Waals surface area contributed by atoms with E-state index in [0.29, 0.717) is 10.9 Å². The van der Waals surface area contributed by atoms with Crippen molar-refractivity contribution in [1.82, 2.24) is 14.8 Å².